The summed E-state index contributed by atoms with van der Waals surface area (Å²) in [5, 5.41) is 3.32. The first kappa shape index (κ1) is 15.4. The Hall–Kier alpha value is -2.00. The van der Waals surface area contributed by atoms with Gasteiger partial charge >= 0.3 is 0 Å². The molecule has 0 aliphatic heterocycles. The minimum Gasteiger partial charge on any atom is -0.496 e. The summed E-state index contributed by atoms with van der Waals surface area (Å²) >= 11 is 0. The summed E-state index contributed by atoms with van der Waals surface area (Å²) in [6.45, 7) is 2.18. The van der Waals surface area contributed by atoms with E-state index in [9.17, 15) is 0 Å². The molecule has 2 rings (SSSR count). The SMILES string of the molecule is CCC(NC)c1ccc(-c2c(OC)cccc2OC)cc1. The van der Waals surface area contributed by atoms with Crippen molar-refractivity contribution in [2.45, 2.75) is 19.4 Å². The monoisotopic (exact) mass is 285 g/mol. The number of hydrogen-bond donors (Lipinski definition) is 1. The highest BCUT2D eigenvalue weighted by atomic mass is 16.5. The summed E-state index contributed by atoms with van der Waals surface area (Å²) in [5.74, 6) is 1.64. The molecule has 0 bridgehead atoms. The number of ether oxygens (including phenoxy) is 2. The normalized spacial score (nSPS) is 12.0. The number of benzene rings is 2. The van der Waals surface area contributed by atoms with Crippen molar-refractivity contribution in [2.24, 2.45) is 0 Å². The second-order valence-corrected chi connectivity index (χ2v) is 4.91. The van der Waals surface area contributed by atoms with Crippen molar-refractivity contribution in [1.82, 2.24) is 5.32 Å². The van der Waals surface area contributed by atoms with Crippen molar-refractivity contribution in [3.63, 3.8) is 0 Å². The van der Waals surface area contributed by atoms with Gasteiger partial charge in [-0.3, -0.25) is 0 Å². The zero-order chi connectivity index (χ0) is 15.2. The van der Waals surface area contributed by atoms with Gasteiger partial charge in [-0.25, -0.2) is 0 Å². The van der Waals surface area contributed by atoms with Crippen LogP contribution in [0.4, 0.5) is 0 Å². The van der Waals surface area contributed by atoms with Crippen LogP contribution >= 0.6 is 0 Å². The van der Waals surface area contributed by atoms with Crippen molar-refractivity contribution < 1.29 is 9.47 Å². The molecule has 0 fully saturated rings. The molecule has 2 aromatic carbocycles. The van der Waals surface area contributed by atoms with Gasteiger partial charge in [-0.15, -0.1) is 0 Å². The molecule has 3 heteroatoms. The van der Waals surface area contributed by atoms with E-state index >= 15 is 0 Å². The average Bonchev–Trinajstić information content (AvgIpc) is 2.56. The van der Waals surface area contributed by atoms with Crippen LogP contribution in [0.3, 0.4) is 0 Å². The summed E-state index contributed by atoms with van der Waals surface area (Å²) in [6.07, 6.45) is 1.06. The Morgan fingerprint density at radius 1 is 0.952 bits per heavy atom. The molecule has 0 aliphatic rings. The Morgan fingerprint density at radius 3 is 1.95 bits per heavy atom. The molecule has 0 heterocycles. The smallest absolute Gasteiger partial charge is 0.130 e. The Balaban J connectivity index is 2.43. The molecule has 1 atom stereocenters. The largest absolute Gasteiger partial charge is 0.496 e. The van der Waals surface area contributed by atoms with E-state index in [1.165, 1.54) is 5.56 Å². The molecular formula is C18H23NO2. The lowest BCUT2D eigenvalue weighted by atomic mass is 9.98. The van der Waals surface area contributed by atoms with Gasteiger partial charge in [0.15, 0.2) is 0 Å². The lowest BCUT2D eigenvalue weighted by Gasteiger charge is -2.16. The Morgan fingerprint density at radius 2 is 1.52 bits per heavy atom. The molecule has 1 unspecified atom stereocenters. The number of hydrogen-bond acceptors (Lipinski definition) is 3. The van der Waals surface area contributed by atoms with Gasteiger partial charge < -0.3 is 14.8 Å². The molecule has 0 spiro atoms. The third-order valence-electron chi connectivity index (χ3n) is 3.79. The highest BCUT2D eigenvalue weighted by molar-refractivity contribution is 5.77. The highest BCUT2D eigenvalue weighted by Gasteiger charge is 2.13. The maximum atomic E-state index is 5.47. The lowest BCUT2D eigenvalue weighted by molar-refractivity contribution is 0.397. The van der Waals surface area contributed by atoms with E-state index in [0.717, 1.165) is 29.0 Å². The molecule has 0 saturated heterocycles. The minimum absolute atomic E-state index is 0.388. The third kappa shape index (κ3) is 3.19. The average molecular weight is 285 g/mol. The van der Waals surface area contributed by atoms with Crippen LogP contribution in [-0.2, 0) is 0 Å². The zero-order valence-corrected chi connectivity index (χ0v) is 13.1. The quantitative estimate of drug-likeness (QED) is 0.869. The van der Waals surface area contributed by atoms with Gasteiger partial charge in [-0.2, -0.15) is 0 Å². The Kier molecular flexibility index (Phi) is 5.23. The molecule has 0 radical (unpaired) electrons. The Labute approximate surface area is 126 Å². The molecule has 112 valence electrons. The van der Waals surface area contributed by atoms with Crippen LogP contribution in [0.2, 0.25) is 0 Å². The second kappa shape index (κ2) is 7.14. The fourth-order valence-electron chi connectivity index (χ4n) is 2.62. The fraction of sp³-hybridized carbons (Fsp3) is 0.333. The minimum atomic E-state index is 0.388. The summed E-state index contributed by atoms with van der Waals surface area (Å²) < 4.78 is 10.9. The van der Waals surface area contributed by atoms with Crippen LogP contribution in [0.15, 0.2) is 42.5 Å². The Bertz CT molecular complexity index is 552. The van der Waals surface area contributed by atoms with Crippen LogP contribution in [0.25, 0.3) is 11.1 Å². The molecule has 0 amide bonds. The summed E-state index contributed by atoms with van der Waals surface area (Å²) in [6, 6.07) is 14.8. The van der Waals surface area contributed by atoms with E-state index in [1.54, 1.807) is 14.2 Å². The van der Waals surface area contributed by atoms with Gasteiger partial charge in [0.2, 0.25) is 0 Å². The molecule has 2 aromatic rings. The van der Waals surface area contributed by atoms with Gasteiger partial charge in [-0.1, -0.05) is 37.3 Å². The van der Waals surface area contributed by atoms with E-state index in [4.69, 9.17) is 9.47 Å². The van der Waals surface area contributed by atoms with Crippen LogP contribution < -0.4 is 14.8 Å². The first-order chi connectivity index (χ1) is 10.2. The fourth-order valence-corrected chi connectivity index (χ4v) is 2.62. The van der Waals surface area contributed by atoms with Crippen molar-refractivity contribution >= 4 is 0 Å². The predicted octanol–water partition coefficient (Wildman–Crippen LogP) is 4.04. The molecule has 21 heavy (non-hydrogen) atoms. The van der Waals surface area contributed by atoms with Gasteiger partial charge in [0.1, 0.15) is 11.5 Å². The number of nitrogens with one attached hydrogen (secondary N) is 1. The number of methoxy groups -OCH3 is 2. The van der Waals surface area contributed by atoms with Crippen LogP contribution in [0.5, 0.6) is 11.5 Å². The molecule has 1 N–H and O–H groups in total. The topological polar surface area (TPSA) is 30.5 Å². The first-order valence-electron chi connectivity index (χ1n) is 7.23. The summed E-state index contributed by atoms with van der Waals surface area (Å²) in [5.41, 5.74) is 3.38. The van der Waals surface area contributed by atoms with E-state index in [2.05, 4.69) is 36.5 Å². The van der Waals surface area contributed by atoms with Gasteiger partial charge in [0.25, 0.3) is 0 Å². The van der Waals surface area contributed by atoms with E-state index in [-0.39, 0.29) is 0 Å². The molecular weight excluding hydrogens is 262 g/mol. The molecule has 3 nitrogen and oxygen atoms in total. The first-order valence-corrected chi connectivity index (χ1v) is 7.23. The van der Waals surface area contributed by atoms with Crippen LogP contribution in [0, 0.1) is 0 Å². The van der Waals surface area contributed by atoms with Crippen molar-refractivity contribution in [3.8, 4) is 22.6 Å². The van der Waals surface area contributed by atoms with Crippen LogP contribution in [0.1, 0.15) is 24.9 Å². The van der Waals surface area contributed by atoms with Gasteiger partial charge in [-0.05, 0) is 36.7 Å². The van der Waals surface area contributed by atoms with Crippen LogP contribution in [-0.4, -0.2) is 21.3 Å². The van der Waals surface area contributed by atoms with Crippen molar-refractivity contribution in [3.05, 3.63) is 48.0 Å². The maximum Gasteiger partial charge on any atom is 0.130 e. The van der Waals surface area contributed by atoms with E-state index in [1.807, 2.05) is 25.2 Å². The summed E-state index contributed by atoms with van der Waals surface area (Å²) in [4.78, 5) is 0. The molecule has 0 aliphatic carbocycles. The molecule has 0 saturated carbocycles. The van der Waals surface area contributed by atoms with E-state index < -0.39 is 0 Å². The van der Waals surface area contributed by atoms with E-state index in [0.29, 0.717) is 6.04 Å². The van der Waals surface area contributed by atoms with Gasteiger partial charge in [0, 0.05) is 6.04 Å². The maximum absolute atomic E-state index is 5.47. The lowest BCUT2D eigenvalue weighted by Crippen LogP contribution is -2.14. The second-order valence-electron chi connectivity index (χ2n) is 4.91. The van der Waals surface area contributed by atoms with Crippen molar-refractivity contribution in [2.75, 3.05) is 21.3 Å². The highest BCUT2D eigenvalue weighted by Crippen LogP contribution is 2.38. The standard InChI is InChI=1S/C18H23NO2/c1-5-15(19-2)13-9-11-14(12-10-13)18-16(20-3)7-6-8-17(18)21-4/h6-12,15,19H,5H2,1-4H3. The number of rotatable bonds is 6. The zero-order valence-electron chi connectivity index (χ0n) is 13.1. The van der Waals surface area contributed by atoms with Crippen molar-refractivity contribution in [1.29, 1.82) is 0 Å². The summed E-state index contributed by atoms with van der Waals surface area (Å²) in [7, 11) is 5.35. The molecule has 0 aromatic heterocycles. The predicted molar refractivity (Wildman–Crippen MR) is 87.1 cm³/mol. The third-order valence-corrected chi connectivity index (χ3v) is 3.79. The van der Waals surface area contributed by atoms with Gasteiger partial charge in [0.05, 0.1) is 19.8 Å².